The van der Waals surface area contributed by atoms with Crippen molar-refractivity contribution in [2.45, 2.75) is 16.8 Å². The lowest BCUT2D eigenvalue weighted by Gasteiger charge is -2.34. The summed E-state index contributed by atoms with van der Waals surface area (Å²) in [5, 5.41) is 9.43. The first-order valence-corrected chi connectivity index (χ1v) is 9.71. The summed E-state index contributed by atoms with van der Waals surface area (Å²) in [6.07, 6.45) is 1.65. The molecule has 1 fully saturated rings. The van der Waals surface area contributed by atoms with Gasteiger partial charge in [0.25, 0.3) is 0 Å². The highest BCUT2D eigenvalue weighted by atomic mass is 32.2. The molecule has 3 heterocycles. The molecule has 0 saturated carbocycles. The Morgan fingerprint density at radius 3 is 2.89 bits per heavy atom. The van der Waals surface area contributed by atoms with E-state index in [1.807, 2.05) is 48.0 Å². The van der Waals surface area contributed by atoms with E-state index in [4.69, 9.17) is 9.15 Å². The van der Waals surface area contributed by atoms with Crippen molar-refractivity contribution in [1.82, 2.24) is 19.7 Å². The number of carbonyl (C=O) groups is 1. The zero-order chi connectivity index (χ0) is 19.5. The molecule has 0 atom stereocenters. The summed E-state index contributed by atoms with van der Waals surface area (Å²) >= 11 is 1.42. The summed E-state index contributed by atoms with van der Waals surface area (Å²) in [5.74, 6) is 1.64. The van der Waals surface area contributed by atoms with Gasteiger partial charge in [0.2, 0.25) is 5.91 Å². The molecule has 146 valence electrons. The molecular weight excluding hydrogens is 378 g/mol. The number of aromatic nitrogens is 3. The number of benzene rings is 1. The zero-order valence-electron chi connectivity index (χ0n) is 15.7. The number of ether oxygens (including phenoxy) is 1. The monoisotopic (exact) mass is 399 g/mol. The van der Waals surface area contributed by atoms with Gasteiger partial charge in [-0.25, -0.2) is 0 Å². The molecule has 0 aliphatic carbocycles. The second-order valence-corrected chi connectivity index (χ2v) is 7.48. The molecule has 1 saturated heterocycles. The van der Waals surface area contributed by atoms with E-state index < -0.39 is 0 Å². The highest BCUT2D eigenvalue weighted by Gasteiger charge is 2.26. The van der Waals surface area contributed by atoms with Gasteiger partial charge in [-0.1, -0.05) is 6.07 Å². The number of hydrogen-bond acceptors (Lipinski definition) is 7. The molecule has 1 amide bonds. The van der Waals surface area contributed by atoms with Crippen molar-refractivity contribution in [2.75, 3.05) is 31.6 Å². The van der Waals surface area contributed by atoms with Gasteiger partial charge in [0, 0.05) is 31.9 Å². The van der Waals surface area contributed by atoms with Gasteiger partial charge in [0.05, 0.1) is 20.2 Å². The second kappa shape index (κ2) is 8.07. The number of rotatable bonds is 6. The highest BCUT2D eigenvalue weighted by Crippen LogP contribution is 2.28. The van der Waals surface area contributed by atoms with Crippen LogP contribution in [0.4, 0.5) is 5.69 Å². The molecule has 0 radical (unpaired) electrons. The fraction of sp³-hybridized carbons (Fsp3) is 0.316. The van der Waals surface area contributed by atoms with Gasteiger partial charge in [0.1, 0.15) is 17.8 Å². The number of amides is 1. The maximum absolute atomic E-state index is 12.6. The Hall–Kier alpha value is -2.78. The average molecular weight is 399 g/mol. The average Bonchev–Trinajstić information content (AvgIpc) is 3.31. The van der Waals surface area contributed by atoms with Crippen LogP contribution < -0.4 is 9.64 Å². The van der Waals surface area contributed by atoms with Crippen LogP contribution >= 0.6 is 11.8 Å². The van der Waals surface area contributed by atoms with Gasteiger partial charge in [-0.05, 0) is 36.0 Å². The van der Waals surface area contributed by atoms with Gasteiger partial charge >= 0.3 is 0 Å². The predicted molar refractivity (Wildman–Crippen MR) is 104 cm³/mol. The Morgan fingerprint density at radius 2 is 2.14 bits per heavy atom. The van der Waals surface area contributed by atoms with Crippen LogP contribution in [0.1, 0.15) is 5.76 Å². The summed E-state index contributed by atoms with van der Waals surface area (Å²) in [4.78, 5) is 16.5. The quantitative estimate of drug-likeness (QED) is 0.630. The number of anilines is 1. The van der Waals surface area contributed by atoms with E-state index in [0.29, 0.717) is 19.6 Å². The van der Waals surface area contributed by atoms with E-state index in [1.165, 1.54) is 11.8 Å². The van der Waals surface area contributed by atoms with E-state index >= 15 is 0 Å². The van der Waals surface area contributed by atoms with Crippen LogP contribution in [-0.4, -0.2) is 52.3 Å². The molecule has 28 heavy (non-hydrogen) atoms. The molecule has 1 aliphatic heterocycles. The van der Waals surface area contributed by atoms with Crippen molar-refractivity contribution in [3.05, 3.63) is 48.5 Å². The van der Waals surface area contributed by atoms with Crippen molar-refractivity contribution < 1.29 is 13.9 Å². The first-order valence-electron chi connectivity index (χ1n) is 8.90. The SMILES string of the molecule is COc1cccc(N2CCN(Cc3ccc(Sc4nncn4C)o3)CC2=O)c1. The Balaban J connectivity index is 1.36. The number of nitrogens with zero attached hydrogens (tertiary/aromatic N) is 5. The number of carbonyl (C=O) groups excluding carboxylic acids is 1. The molecular formula is C19H21N5O3S. The van der Waals surface area contributed by atoms with Crippen LogP contribution in [-0.2, 0) is 18.4 Å². The van der Waals surface area contributed by atoms with Crippen molar-refractivity contribution in [2.24, 2.45) is 7.05 Å². The molecule has 4 rings (SSSR count). The summed E-state index contributed by atoms with van der Waals surface area (Å²) in [6.45, 7) is 2.35. The molecule has 8 nitrogen and oxygen atoms in total. The minimum absolute atomic E-state index is 0.0692. The molecule has 1 aromatic carbocycles. The number of methoxy groups -OCH3 is 1. The molecule has 1 aliphatic rings. The third kappa shape index (κ3) is 4.05. The normalized spacial score (nSPS) is 15.2. The third-order valence-corrected chi connectivity index (χ3v) is 5.52. The molecule has 0 bridgehead atoms. The van der Waals surface area contributed by atoms with Gasteiger partial charge in [-0.2, -0.15) is 0 Å². The summed E-state index contributed by atoms with van der Waals surface area (Å²) in [5.41, 5.74) is 0.865. The fourth-order valence-electron chi connectivity index (χ4n) is 3.08. The predicted octanol–water partition coefficient (Wildman–Crippen LogP) is 2.42. The smallest absolute Gasteiger partial charge is 0.241 e. The molecule has 2 aromatic heterocycles. The maximum Gasteiger partial charge on any atom is 0.241 e. The van der Waals surface area contributed by atoms with E-state index in [1.54, 1.807) is 18.3 Å². The van der Waals surface area contributed by atoms with E-state index in [-0.39, 0.29) is 5.91 Å². The summed E-state index contributed by atoms with van der Waals surface area (Å²) in [6, 6.07) is 11.4. The fourth-order valence-corrected chi connectivity index (χ4v) is 3.83. The molecule has 0 N–H and O–H groups in total. The number of furan rings is 1. The second-order valence-electron chi connectivity index (χ2n) is 6.50. The summed E-state index contributed by atoms with van der Waals surface area (Å²) < 4.78 is 13.0. The van der Waals surface area contributed by atoms with Crippen molar-refractivity contribution >= 4 is 23.4 Å². The Kier molecular flexibility index (Phi) is 5.36. The van der Waals surface area contributed by atoms with Gasteiger partial charge < -0.3 is 18.6 Å². The number of aryl methyl sites for hydroxylation is 1. The highest BCUT2D eigenvalue weighted by molar-refractivity contribution is 7.99. The van der Waals surface area contributed by atoms with Crippen molar-refractivity contribution in [1.29, 1.82) is 0 Å². The van der Waals surface area contributed by atoms with Crippen LogP contribution in [0.5, 0.6) is 5.75 Å². The Morgan fingerprint density at radius 1 is 1.25 bits per heavy atom. The summed E-state index contributed by atoms with van der Waals surface area (Å²) in [7, 11) is 3.51. The maximum atomic E-state index is 12.6. The van der Waals surface area contributed by atoms with Crippen LogP contribution in [0, 0.1) is 0 Å². The van der Waals surface area contributed by atoms with Gasteiger partial charge in [-0.3, -0.25) is 9.69 Å². The van der Waals surface area contributed by atoms with Gasteiger partial charge in [0.15, 0.2) is 10.2 Å². The standard InChI is InChI=1S/C19H21N5O3S/c1-22-13-20-21-19(22)28-18-7-6-16(27-18)11-23-8-9-24(17(25)12-23)14-4-3-5-15(10-14)26-2/h3-7,10,13H,8-9,11-12H2,1-2H3. The van der Waals surface area contributed by atoms with Crippen LogP contribution in [0.2, 0.25) is 0 Å². The molecule has 3 aromatic rings. The first kappa shape index (κ1) is 18.6. The van der Waals surface area contributed by atoms with E-state index in [2.05, 4.69) is 15.1 Å². The van der Waals surface area contributed by atoms with Crippen LogP contribution in [0.3, 0.4) is 0 Å². The largest absolute Gasteiger partial charge is 0.497 e. The Labute approximate surface area is 167 Å². The van der Waals surface area contributed by atoms with Crippen molar-refractivity contribution in [3.63, 3.8) is 0 Å². The minimum Gasteiger partial charge on any atom is -0.497 e. The lowest BCUT2D eigenvalue weighted by atomic mass is 10.2. The Bertz CT molecular complexity index is 970. The first-order chi connectivity index (χ1) is 13.6. The van der Waals surface area contributed by atoms with Crippen LogP contribution in [0.25, 0.3) is 0 Å². The molecule has 0 spiro atoms. The molecule has 0 unspecified atom stereocenters. The lowest BCUT2D eigenvalue weighted by molar-refractivity contribution is -0.121. The van der Waals surface area contributed by atoms with E-state index in [0.717, 1.165) is 34.0 Å². The van der Waals surface area contributed by atoms with Crippen molar-refractivity contribution in [3.8, 4) is 5.75 Å². The van der Waals surface area contributed by atoms with E-state index in [9.17, 15) is 4.79 Å². The molecule has 9 heteroatoms. The third-order valence-electron chi connectivity index (χ3n) is 4.54. The zero-order valence-corrected chi connectivity index (χ0v) is 16.6. The number of piperazine rings is 1. The minimum atomic E-state index is 0.0692. The van der Waals surface area contributed by atoms with Gasteiger partial charge in [-0.15, -0.1) is 10.2 Å². The van der Waals surface area contributed by atoms with Crippen LogP contribution in [0.15, 0.2) is 57.4 Å². The topological polar surface area (TPSA) is 76.6 Å². The number of hydrogen-bond donors (Lipinski definition) is 0. The lowest BCUT2D eigenvalue weighted by Crippen LogP contribution is -2.50.